The second-order valence-electron chi connectivity index (χ2n) is 5.05. The van der Waals surface area contributed by atoms with E-state index in [0.29, 0.717) is 13.1 Å². The largest absolute Gasteiger partial charge is 0.391 e. The minimum atomic E-state index is -0.504. The van der Waals surface area contributed by atoms with Crippen LogP contribution in [0, 0.1) is 0 Å². The molecule has 1 N–H and O–H groups in total. The predicted octanol–water partition coefficient (Wildman–Crippen LogP) is 0.882. The number of hydrogen-bond acceptors (Lipinski definition) is 3. The lowest BCUT2D eigenvalue weighted by molar-refractivity contribution is -0.128. The van der Waals surface area contributed by atoms with Gasteiger partial charge in [0.25, 0.3) is 0 Å². The van der Waals surface area contributed by atoms with Gasteiger partial charge in [-0.05, 0) is 19.7 Å². The van der Waals surface area contributed by atoms with Crippen molar-refractivity contribution in [3.05, 3.63) is 35.9 Å². The number of carbonyl (C=O) groups excluding carboxylic acids is 1. The van der Waals surface area contributed by atoms with Gasteiger partial charge < -0.3 is 14.9 Å². The Labute approximate surface area is 108 Å². The maximum absolute atomic E-state index is 11.7. The van der Waals surface area contributed by atoms with Crippen molar-refractivity contribution in [2.45, 2.75) is 18.6 Å². The van der Waals surface area contributed by atoms with E-state index in [0.717, 1.165) is 0 Å². The van der Waals surface area contributed by atoms with Gasteiger partial charge in [-0.2, -0.15) is 0 Å². The molecule has 0 aliphatic carbocycles. The summed E-state index contributed by atoms with van der Waals surface area (Å²) in [5.74, 6) is 0.0466. The summed E-state index contributed by atoms with van der Waals surface area (Å²) >= 11 is 0. The number of likely N-dealkylation sites (N-methyl/N-ethyl adjacent to an activating group) is 1. The molecule has 4 nitrogen and oxygen atoms in total. The lowest BCUT2D eigenvalue weighted by atomic mass is 10.1. The highest BCUT2D eigenvalue weighted by Crippen LogP contribution is 2.22. The number of aliphatic hydroxyl groups is 1. The van der Waals surface area contributed by atoms with Gasteiger partial charge >= 0.3 is 0 Å². The quantitative estimate of drug-likeness (QED) is 0.860. The van der Waals surface area contributed by atoms with Crippen molar-refractivity contribution in [1.82, 2.24) is 9.80 Å². The Hall–Kier alpha value is -1.39. The normalized spacial score (nSPS) is 21.7. The average molecular weight is 248 g/mol. The van der Waals surface area contributed by atoms with Crippen molar-refractivity contribution in [3.63, 3.8) is 0 Å². The number of aliphatic hydroxyl groups excluding tert-OH is 1. The van der Waals surface area contributed by atoms with Crippen molar-refractivity contribution in [2.75, 3.05) is 27.2 Å². The Morgan fingerprint density at radius 2 is 2.06 bits per heavy atom. The summed E-state index contributed by atoms with van der Waals surface area (Å²) in [5, 5.41) is 9.52. The van der Waals surface area contributed by atoms with Gasteiger partial charge in [0.2, 0.25) is 5.91 Å². The SMILES string of the molecule is CN(C)C(CN1CC(O)CC1=O)c1ccccc1. The number of likely N-dealkylation sites (tertiary alicyclic amines) is 1. The summed E-state index contributed by atoms with van der Waals surface area (Å²) in [6.07, 6.45) is -0.245. The van der Waals surface area contributed by atoms with E-state index in [1.165, 1.54) is 5.56 Å². The summed E-state index contributed by atoms with van der Waals surface area (Å²) in [6.45, 7) is 1.09. The van der Waals surface area contributed by atoms with E-state index < -0.39 is 6.10 Å². The van der Waals surface area contributed by atoms with Crippen LogP contribution in [0.15, 0.2) is 30.3 Å². The molecule has 0 radical (unpaired) electrons. The maximum atomic E-state index is 11.7. The molecule has 1 heterocycles. The van der Waals surface area contributed by atoms with Crippen LogP contribution in [0.1, 0.15) is 18.0 Å². The first-order chi connectivity index (χ1) is 8.58. The van der Waals surface area contributed by atoms with Crippen LogP contribution < -0.4 is 0 Å². The molecule has 1 aromatic rings. The number of hydrogen-bond donors (Lipinski definition) is 1. The van der Waals surface area contributed by atoms with Crippen LogP contribution in [0.25, 0.3) is 0 Å². The molecule has 2 rings (SSSR count). The van der Waals surface area contributed by atoms with E-state index in [9.17, 15) is 9.90 Å². The monoisotopic (exact) mass is 248 g/mol. The standard InChI is InChI=1S/C14H20N2O2/c1-15(2)13(11-6-4-3-5-7-11)10-16-9-12(17)8-14(16)18/h3-7,12-13,17H,8-10H2,1-2H3. The van der Waals surface area contributed by atoms with Gasteiger partial charge in [-0.25, -0.2) is 0 Å². The second kappa shape index (κ2) is 5.50. The molecule has 1 fully saturated rings. The molecular formula is C14H20N2O2. The van der Waals surface area contributed by atoms with Crippen molar-refractivity contribution >= 4 is 5.91 Å². The van der Waals surface area contributed by atoms with Gasteiger partial charge in [0, 0.05) is 13.1 Å². The first-order valence-electron chi connectivity index (χ1n) is 6.25. The minimum Gasteiger partial charge on any atom is -0.391 e. The molecule has 1 aliphatic heterocycles. The van der Waals surface area contributed by atoms with Crippen LogP contribution in [0.2, 0.25) is 0 Å². The van der Waals surface area contributed by atoms with E-state index in [4.69, 9.17) is 0 Å². The molecule has 2 unspecified atom stereocenters. The molecule has 18 heavy (non-hydrogen) atoms. The zero-order valence-electron chi connectivity index (χ0n) is 10.9. The summed E-state index contributed by atoms with van der Waals surface area (Å²) in [7, 11) is 4.02. The number of benzene rings is 1. The van der Waals surface area contributed by atoms with Crippen LogP contribution in [0.5, 0.6) is 0 Å². The number of nitrogens with zero attached hydrogens (tertiary/aromatic N) is 2. The molecule has 0 spiro atoms. The fraction of sp³-hybridized carbons (Fsp3) is 0.500. The van der Waals surface area contributed by atoms with Crippen LogP contribution >= 0.6 is 0 Å². The summed E-state index contributed by atoms with van der Waals surface area (Å²) < 4.78 is 0. The highest BCUT2D eigenvalue weighted by atomic mass is 16.3. The van der Waals surface area contributed by atoms with E-state index in [1.54, 1.807) is 4.90 Å². The molecule has 98 valence electrons. The summed E-state index contributed by atoms with van der Waals surface area (Å²) in [4.78, 5) is 15.6. The number of carbonyl (C=O) groups is 1. The molecule has 4 heteroatoms. The Bertz CT molecular complexity index is 406. The van der Waals surface area contributed by atoms with Crippen LogP contribution in [-0.4, -0.2) is 54.1 Å². The van der Waals surface area contributed by atoms with Crippen molar-refractivity contribution in [1.29, 1.82) is 0 Å². The number of rotatable bonds is 4. The average Bonchev–Trinajstić information content (AvgIpc) is 2.65. The van der Waals surface area contributed by atoms with Gasteiger partial charge in [0.15, 0.2) is 0 Å². The van der Waals surface area contributed by atoms with E-state index in [-0.39, 0.29) is 18.4 Å². The summed E-state index contributed by atoms with van der Waals surface area (Å²) in [6, 6.07) is 10.3. The predicted molar refractivity (Wildman–Crippen MR) is 70.1 cm³/mol. The third kappa shape index (κ3) is 2.89. The van der Waals surface area contributed by atoms with Crippen molar-refractivity contribution in [3.8, 4) is 0 Å². The molecule has 1 amide bonds. The Morgan fingerprint density at radius 1 is 1.39 bits per heavy atom. The fourth-order valence-corrected chi connectivity index (χ4v) is 2.38. The number of β-amino-alcohol motifs (C(OH)–C–C–N with tert-alkyl or cyclic N) is 1. The molecule has 0 bridgehead atoms. The second-order valence-corrected chi connectivity index (χ2v) is 5.05. The van der Waals surface area contributed by atoms with E-state index in [2.05, 4.69) is 17.0 Å². The van der Waals surface area contributed by atoms with Crippen LogP contribution in [0.4, 0.5) is 0 Å². The van der Waals surface area contributed by atoms with Gasteiger partial charge in [-0.3, -0.25) is 4.79 Å². The first kappa shape index (κ1) is 13.1. The van der Waals surface area contributed by atoms with Crippen molar-refractivity contribution in [2.24, 2.45) is 0 Å². The topological polar surface area (TPSA) is 43.8 Å². The Kier molecular flexibility index (Phi) is 3.99. The highest BCUT2D eigenvalue weighted by molar-refractivity contribution is 5.79. The lowest BCUT2D eigenvalue weighted by Crippen LogP contribution is -2.36. The first-order valence-corrected chi connectivity index (χ1v) is 6.25. The molecule has 1 saturated heterocycles. The van der Waals surface area contributed by atoms with Crippen molar-refractivity contribution < 1.29 is 9.90 Å². The Morgan fingerprint density at radius 3 is 2.56 bits per heavy atom. The molecular weight excluding hydrogens is 228 g/mol. The van der Waals surface area contributed by atoms with Crippen LogP contribution in [-0.2, 0) is 4.79 Å². The molecule has 1 aliphatic rings. The molecule has 1 aromatic carbocycles. The fourth-order valence-electron chi connectivity index (χ4n) is 2.38. The highest BCUT2D eigenvalue weighted by Gasteiger charge is 2.30. The zero-order chi connectivity index (χ0) is 13.1. The van der Waals surface area contributed by atoms with Gasteiger partial charge in [-0.1, -0.05) is 30.3 Å². The molecule has 0 saturated carbocycles. The summed E-state index contributed by atoms with van der Waals surface area (Å²) in [5.41, 5.74) is 1.19. The van der Waals surface area contributed by atoms with Gasteiger partial charge in [0.05, 0.1) is 18.6 Å². The maximum Gasteiger partial charge on any atom is 0.225 e. The third-order valence-corrected chi connectivity index (χ3v) is 3.40. The number of amides is 1. The third-order valence-electron chi connectivity index (χ3n) is 3.40. The molecule has 2 atom stereocenters. The Balaban J connectivity index is 2.10. The van der Waals surface area contributed by atoms with E-state index >= 15 is 0 Å². The van der Waals surface area contributed by atoms with Crippen LogP contribution in [0.3, 0.4) is 0 Å². The molecule has 0 aromatic heterocycles. The zero-order valence-corrected chi connectivity index (χ0v) is 10.9. The van der Waals surface area contributed by atoms with Gasteiger partial charge in [0.1, 0.15) is 0 Å². The lowest BCUT2D eigenvalue weighted by Gasteiger charge is -2.29. The minimum absolute atomic E-state index is 0.0466. The van der Waals surface area contributed by atoms with Gasteiger partial charge in [-0.15, -0.1) is 0 Å². The van der Waals surface area contributed by atoms with E-state index in [1.807, 2.05) is 32.3 Å². The smallest absolute Gasteiger partial charge is 0.225 e.